The summed E-state index contributed by atoms with van der Waals surface area (Å²) < 4.78 is 5.48. The van der Waals surface area contributed by atoms with Crippen molar-refractivity contribution in [1.29, 1.82) is 0 Å². The molecule has 0 saturated carbocycles. The van der Waals surface area contributed by atoms with Gasteiger partial charge in [0.1, 0.15) is 5.52 Å². The second kappa shape index (κ2) is 5.39. The molecule has 6 heteroatoms. The molecule has 0 aliphatic carbocycles. The first kappa shape index (κ1) is 12.2. The number of rotatable bonds is 6. The molecule has 1 aromatic carbocycles. The fraction of sp³-hybridized carbons (Fsp3) is 0.333. The smallest absolute Gasteiger partial charge is 0.295 e. The van der Waals surface area contributed by atoms with Gasteiger partial charge in [0.2, 0.25) is 5.91 Å². The van der Waals surface area contributed by atoms with Crippen LogP contribution in [0.4, 0.5) is 11.7 Å². The van der Waals surface area contributed by atoms with Crippen molar-refractivity contribution in [1.82, 2.24) is 4.98 Å². The Balaban J connectivity index is 1.86. The molecule has 1 aromatic heterocycles. The summed E-state index contributed by atoms with van der Waals surface area (Å²) >= 11 is 0. The van der Waals surface area contributed by atoms with E-state index in [-0.39, 0.29) is 5.91 Å². The van der Waals surface area contributed by atoms with Crippen LogP contribution in [0.3, 0.4) is 0 Å². The average molecular weight is 248 g/mol. The van der Waals surface area contributed by atoms with Gasteiger partial charge < -0.3 is 21.2 Å². The van der Waals surface area contributed by atoms with E-state index in [2.05, 4.69) is 10.3 Å². The fourth-order valence-corrected chi connectivity index (χ4v) is 1.64. The molecule has 0 aliphatic rings. The van der Waals surface area contributed by atoms with E-state index in [4.69, 9.17) is 15.9 Å². The molecule has 0 fully saturated rings. The first-order valence-corrected chi connectivity index (χ1v) is 5.83. The number of carbonyl (C=O) groups is 1. The summed E-state index contributed by atoms with van der Waals surface area (Å²) in [5.74, 6) is -0.271. The van der Waals surface area contributed by atoms with Gasteiger partial charge in [0.25, 0.3) is 6.01 Å². The number of benzene rings is 1. The standard InChI is InChI=1S/C12H16N4O2/c13-8-4-5-10-9(7-8)16-12(18-10)15-6-2-1-3-11(14)17/h4-5,7H,1-3,6,13H2,(H2,14,17)(H,15,16). The molecule has 96 valence electrons. The molecule has 0 unspecified atom stereocenters. The van der Waals surface area contributed by atoms with E-state index in [0.717, 1.165) is 18.4 Å². The van der Waals surface area contributed by atoms with Gasteiger partial charge in [-0.2, -0.15) is 4.98 Å². The summed E-state index contributed by atoms with van der Waals surface area (Å²) in [6.07, 6.45) is 2.01. The topological polar surface area (TPSA) is 107 Å². The van der Waals surface area contributed by atoms with E-state index < -0.39 is 0 Å². The lowest BCUT2D eigenvalue weighted by Crippen LogP contribution is -2.10. The summed E-state index contributed by atoms with van der Waals surface area (Å²) in [6, 6.07) is 5.78. The van der Waals surface area contributed by atoms with Crippen LogP contribution in [0.25, 0.3) is 11.1 Å². The maximum Gasteiger partial charge on any atom is 0.295 e. The van der Waals surface area contributed by atoms with Crippen molar-refractivity contribution < 1.29 is 9.21 Å². The van der Waals surface area contributed by atoms with Crippen LogP contribution in [-0.4, -0.2) is 17.4 Å². The Labute approximate surface area is 104 Å². The monoisotopic (exact) mass is 248 g/mol. The van der Waals surface area contributed by atoms with Crippen LogP contribution in [0.2, 0.25) is 0 Å². The molecular formula is C12H16N4O2. The number of nitrogens with two attached hydrogens (primary N) is 2. The molecule has 0 radical (unpaired) electrons. The van der Waals surface area contributed by atoms with Gasteiger partial charge >= 0.3 is 0 Å². The number of amides is 1. The molecule has 0 spiro atoms. The number of aromatic nitrogens is 1. The highest BCUT2D eigenvalue weighted by Gasteiger charge is 2.05. The molecule has 5 N–H and O–H groups in total. The zero-order valence-corrected chi connectivity index (χ0v) is 9.98. The van der Waals surface area contributed by atoms with E-state index in [1.54, 1.807) is 18.2 Å². The third-order valence-corrected chi connectivity index (χ3v) is 2.54. The van der Waals surface area contributed by atoms with Gasteiger partial charge in [-0.15, -0.1) is 0 Å². The molecule has 1 amide bonds. The van der Waals surface area contributed by atoms with E-state index in [1.165, 1.54) is 0 Å². The zero-order chi connectivity index (χ0) is 13.0. The minimum absolute atomic E-state index is 0.271. The highest BCUT2D eigenvalue weighted by atomic mass is 16.4. The Morgan fingerprint density at radius 2 is 2.22 bits per heavy atom. The van der Waals surface area contributed by atoms with E-state index in [0.29, 0.717) is 30.3 Å². The van der Waals surface area contributed by atoms with E-state index in [9.17, 15) is 4.79 Å². The van der Waals surface area contributed by atoms with Crippen molar-refractivity contribution >= 4 is 28.7 Å². The molecule has 2 aromatic rings. The third-order valence-electron chi connectivity index (χ3n) is 2.54. The average Bonchev–Trinajstić information content (AvgIpc) is 2.70. The lowest BCUT2D eigenvalue weighted by molar-refractivity contribution is -0.118. The first-order chi connectivity index (χ1) is 8.65. The van der Waals surface area contributed by atoms with Crippen LogP contribution < -0.4 is 16.8 Å². The number of carbonyl (C=O) groups excluding carboxylic acids is 1. The minimum atomic E-state index is -0.271. The van der Waals surface area contributed by atoms with Crippen LogP contribution in [0.1, 0.15) is 19.3 Å². The predicted octanol–water partition coefficient (Wildman–Crippen LogP) is 1.48. The maximum absolute atomic E-state index is 10.5. The lowest BCUT2D eigenvalue weighted by atomic mass is 10.2. The number of hydrogen-bond acceptors (Lipinski definition) is 5. The molecule has 0 saturated heterocycles. The van der Waals surface area contributed by atoms with Crippen LogP contribution >= 0.6 is 0 Å². The number of primary amides is 1. The number of anilines is 2. The summed E-state index contributed by atoms with van der Waals surface area (Å²) in [5, 5.41) is 3.06. The molecule has 0 bridgehead atoms. The van der Waals surface area contributed by atoms with Gasteiger partial charge in [-0.1, -0.05) is 0 Å². The first-order valence-electron chi connectivity index (χ1n) is 5.83. The minimum Gasteiger partial charge on any atom is -0.424 e. The Bertz CT molecular complexity index is 550. The Kier molecular flexibility index (Phi) is 3.66. The van der Waals surface area contributed by atoms with Gasteiger partial charge in [0, 0.05) is 18.7 Å². The van der Waals surface area contributed by atoms with Crippen LogP contribution in [-0.2, 0) is 4.79 Å². The second-order valence-electron chi connectivity index (χ2n) is 4.10. The van der Waals surface area contributed by atoms with Crippen molar-refractivity contribution in [2.75, 3.05) is 17.6 Å². The number of nitrogens with zero attached hydrogens (tertiary/aromatic N) is 1. The Morgan fingerprint density at radius 3 is 3.00 bits per heavy atom. The highest BCUT2D eigenvalue weighted by Crippen LogP contribution is 2.20. The summed E-state index contributed by atoms with van der Waals surface area (Å²) in [5.41, 5.74) is 12.8. The normalized spacial score (nSPS) is 10.7. The highest BCUT2D eigenvalue weighted by molar-refractivity contribution is 5.78. The summed E-state index contributed by atoms with van der Waals surface area (Å²) in [6.45, 7) is 0.690. The number of oxazole rings is 1. The van der Waals surface area contributed by atoms with Crippen LogP contribution in [0, 0.1) is 0 Å². The van der Waals surface area contributed by atoms with Gasteiger partial charge in [0.05, 0.1) is 0 Å². The van der Waals surface area contributed by atoms with Crippen molar-refractivity contribution in [3.8, 4) is 0 Å². The number of nitrogens with one attached hydrogen (secondary N) is 1. The number of unbranched alkanes of at least 4 members (excludes halogenated alkanes) is 1. The van der Waals surface area contributed by atoms with Gasteiger partial charge in [-0.25, -0.2) is 0 Å². The van der Waals surface area contributed by atoms with E-state index >= 15 is 0 Å². The zero-order valence-electron chi connectivity index (χ0n) is 9.98. The summed E-state index contributed by atoms with van der Waals surface area (Å²) in [7, 11) is 0. The van der Waals surface area contributed by atoms with Gasteiger partial charge in [0.15, 0.2) is 5.58 Å². The van der Waals surface area contributed by atoms with Crippen molar-refractivity contribution in [3.63, 3.8) is 0 Å². The van der Waals surface area contributed by atoms with E-state index in [1.807, 2.05) is 0 Å². The number of hydrogen-bond donors (Lipinski definition) is 3. The molecule has 0 atom stereocenters. The molecule has 0 aliphatic heterocycles. The van der Waals surface area contributed by atoms with Crippen LogP contribution in [0.15, 0.2) is 22.6 Å². The molecule has 1 heterocycles. The maximum atomic E-state index is 10.5. The second-order valence-corrected chi connectivity index (χ2v) is 4.10. The molecule has 2 rings (SSSR count). The number of nitrogen functional groups attached to an aromatic ring is 1. The van der Waals surface area contributed by atoms with Crippen molar-refractivity contribution in [2.45, 2.75) is 19.3 Å². The largest absolute Gasteiger partial charge is 0.424 e. The third kappa shape index (κ3) is 3.13. The molecule has 18 heavy (non-hydrogen) atoms. The quantitative estimate of drug-likeness (QED) is 0.530. The lowest BCUT2D eigenvalue weighted by Gasteiger charge is -1.99. The fourth-order valence-electron chi connectivity index (χ4n) is 1.64. The SMILES string of the molecule is NC(=O)CCCCNc1nc2cc(N)ccc2o1. The van der Waals surface area contributed by atoms with Gasteiger partial charge in [-0.3, -0.25) is 4.79 Å². The summed E-state index contributed by atoms with van der Waals surface area (Å²) in [4.78, 5) is 14.8. The van der Waals surface area contributed by atoms with Gasteiger partial charge in [-0.05, 0) is 31.0 Å². The number of fused-ring (bicyclic) bond motifs is 1. The molecule has 6 nitrogen and oxygen atoms in total. The van der Waals surface area contributed by atoms with Crippen LogP contribution in [0.5, 0.6) is 0 Å². The van der Waals surface area contributed by atoms with Crippen molar-refractivity contribution in [3.05, 3.63) is 18.2 Å². The van der Waals surface area contributed by atoms with Crippen molar-refractivity contribution in [2.24, 2.45) is 5.73 Å². The Morgan fingerprint density at radius 1 is 1.39 bits per heavy atom. The molecular weight excluding hydrogens is 232 g/mol. The Hall–Kier alpha value is -2.24. The predicted molar refractivity (Wildman–Crippen MR) is 70.0 cm³/mol.